The number of thiophene rings is 1. The molecule has 5 nitrogen and oxygen atoms in total. The molecule has 2 rings (SSSR count). The fraction of sp³-hybridized carbons (Fsp3) is 0.562. The summed E-state index contributed by atoms with van der Waals surface area (Å²) in [6, 6.07) is 3.73. The number of rotatable bonds is 5. The summed E-state index contributed by atoms with van der Waals surface area (Å²) in [6.45, 7) is 3.08. The van der Waals surface area contributed by atoms with Gasteiger partial charge in [-0.3, -0.25) is 14.4 Å². The highest BCUT2D eigenvalue weighted by atomic mass is 32.1. The number of aryl methyl sites for hydroxylation is 1. The molecule has 1 aliphatic rings. The zero-order valence-electron chi connectivity index (χ0n) is 13.0. The van der Waals surface area contributed by atoms with Crippen molar-refractivity contribution in [3.63, 3.8) is 0 Å². The van der Waals surface area contributed by atoms with Crippen LogP contribution in [-0.4, -0.2) is 42.8 Å². The fourth-order valence-electron chi connectivity index (χ4n) is 2.62. The topological polar surface area (TPSA) is 63.7 Å². The van der Waals surface area contributed by atoms with Crippen molar-refractivity contribution in [2.75, 3.05) is 20.2 Å². The molecule has 0 saturated carbocycles. The lowest BCUT2D eigenvalue weighted by atomic mass is 9.96. The predicted octanol–water partition coefficient (Wildman–Crippen LogP) is 2.43. The van der Waals surface area contributed by atoms with E-state index in [2.05, 4.69) is 0 Å². The molecule has 0 aromatic carbocycles. The van der Waals surface area contributed by atoms with E-state index in [1.54, 1.807) is 4.90 Å². The Labute approximate surface area is 134 Å². The monoisotopic (exact) mass is 323 g/mol. The standard InChI is InChI=1S/C16H21NO4S/c1-11-3-5-14(22-11)13(18)4-6-15(19)17-9-7-12(8-10-17)16(20)21-2/h3,5,12H,4,6-10H2,1-2H3. The Balaban J connectivity index is 1.76. The van der Waals surface area contributed by atoms with Crippen LogP contribution >= 0.6 is 11.3 Å². The van der Waals surface area contributed by atoms with Gasteiger partial charge in [0.25, 0.3) is 0 Å². The van der Waals surface area contributed by atoms with Crippen LogP contribution in [0.3, 0.4) is 0 Å². The number of esters is 1. The first kappa shape index (κ1) is 16.7. The zero-order chi connectivity index (χ0) is 16.1. The minimum absolute atomic E-state index is 0.00931. The molecule has 1 saturated heterocycles. The number of hydrogen-bond donors (Lipinski definition) is 0. The molecule has 2 heterocycles. The van der Waals surface area contributed by atoms with Gasteiger partial charge in [-0.05, 0) is 31.9 Å². The van der Waals surface area contributed by atoms with Crippen LogP contribution in [-0.2, 0) is 14.3 Å². The molecule has 1 aromatic rings. The van der Waals surface area contributed by atoms with Crippen LogP contribution in [0.4, 0.5) is 0 Å². The van der Waals surface area contributed by atoms with Crippen LogP contribution in [0.2, 0.25) is 0 Å². The minimum atomic E-state index is -0.199. The largest absolute Gasteiger partial charge is 0.469 e. The quantitative estimate of drug-likeness (QED) is 0.617. The first-order chi connectivity index (χ1) is 10.5. The van der Waals surface area contributed by atoms with E-state index in [1.807, 2.05) is 19.1 Å². The van der Waals surface area contributed by atoms with Crippen LogP contribution < -0.4 is 0 Å². The number of Topliss-reactive ketones (excluding diaryl/α,β-unsaturated/α-hetero) is 1. The molecule has 0 spiro atoms. The maximum absolute atomic E-state index is 12.1. The number of piperidine rings is 1. The number of hydrogen-bond acceptors (Lipinski definition) is 5. The average Bonchev–Trinajstić information content (AvgIpc) is 2.98. The maximum Gasteiger partial charge on any atom is 0.308 e. The van der Waals surface area contributed by atoms with Crippen molar-refractivity contribution in [3.8, 4) is 0 Å². The Bertz CT molecular complexity index is 558. The van der Waals surface area contributed by atoms with Gasteiger partial charge in [-0.15, -0.1) is 11.3 Å². The van der Waals surface area contributed by atoms with E-state index in [0.29, 0.717) is 25.9 Å². The third-order valence-electron chi connectivity index (χ3n) is 3.96. The van der Waals surface area contributed by atoms with Crippen molar-refractivity contribution in [1.29, 1.82) is 0 Å². The summed E-state index contributed by atoms with van der Waals surface area (Å²) in [5, 5.41) is 0. The van der Waals surface area contributed by atoms with E-state index in [0.717, 1.165) is 9.75 Å². The number of methoxy groups -OCH3 is 1. The summed E-state index contributed by atoms with van der Waals surface area (Å²) in [4.78, 5) is 39.2. The smallest absolute Gasteiger partial charge is 0.308 e. The fourth-order valence-corrected chi connectivity index (χ4v) is 3.45. The Kier molecular flexibility index (Phi) is 5.71. The summed E-state index contributed by atoms with van der Waals surface area (Å²) in [5.41, 5.74) is 0. The SMILES string of the molecule is COC(=O)C1CCN(C(=O)CCC(=O)c2ccc(C)s2)CC1. The Morgan fingerprint density at radius 1 is 1.23 bits per heavy atom. The second-order valence-electron chi connectivity index (χ2n) is 5.51. The normalized spacial score (nSPS) is 15.6. The summed E-state index contributed by atoms with van der Waals surface area (Å²) < 4.78 is 4.73. The number of carbonyl (C=O) groups excluding carboxylic acids is 3. The molecule has 6 heteroatoms. The van der Waals surface area contributed by atoms with E-state index in [1.165, 1.54) is 18.4 Å². The highest BCUT2D eigenvalue weighted by Crippen LogP contribution is 2.21. The van der Waals surface area contributed by atoms with Crippen molar-refractivity contribution < 1.29 is 19.1 Å². The van der Waals surface area contributed by atoms with Crippen molar-refractivity contribution >= 4 is 29.0 Å². The summed E-state index contributed by atoms with van der Waals surface area (Å²) >= 11 is 1.46. The second-order valence-corrected chi connectivity index (χ2v) is 6.80. The summed E-state index contributed by atoms with van der Waals surface area (Å²) in [5.74, 6) is -0.291. The molecule has 0 N–H and O–H groups in total. The average molecular weight is 323 g/mol. The summed E-state index contributed by atoms with van der Waals surface area (Å²) in [6.07, 6.45) is 1.75. The zero-order valence-corrected chi connectivity index (χ0v) is 13.8. The molecule has 0 bridgehead atoms. The third-order valence-corrected chi connectivity index (χ3v) is 5.01. The van der Waals surface area contributed by atoms with E-state index in [4.69, 9.17) is 4.74 Å². The van der Waals surface area contributed by atoms with E-state index in [9.17, 15) is 14.4 Å². The molecule has 1 amide bonds. The number of likely N-dealkylation sites (tertiary alicyclic amines) is 1. The van der Waals surface area contributed by atoms with Gasteiger partial charge in [0.05, 0.1) is 17.9 Å². The molecular formula is C16H21NO4S. The molecule has 0 atom stereocenters. The molecule has 120 valence electrons. The van der Waals surface area contributed by atoms with Crippen LogP contribution in [0.15, 0.2) is 12.1 Å². The molecule has 0 unspecified atom stereocenters. The highest BCUT2D eigenvalue weighted by molar-refractivity contribution is 7.14. The van der Waals surface area contributed by atoms with Gasteiger partial charge in [0.2, 0.25) is 5.91 Å². The van der Waals surface area contributed by atoms with E-state index >= 15 is 0 Å². The van der Waals surface area contributed by atoms with Crippen LogP contribution in [0.5, 0.6) is 0 Å². The van der Waals surface area contributed by atoms with Gasteiger partial charge in [-0.1, -0.05) is 0 Å². The first-order valence-electron chi connectivity index (χ1n) is 7.46. The molecule has 0 aliphatic carbocycles. The molecule has 0 radical (unpaired) electrons. The number of ether oxygens (including phenoxy) is 1. The molecule has 1 fully saturated rings. The Morgan fingerprint density at radius 3 is 2.45 bits per heavy atom. The highest BCUT2D eigenvalue weighted by Gasteiger charge is 2.27. The van der Waals surface area contributed by atoms with Gasteiger partial charge in [-0.2, -0.15) is 0 Å². The third kappa shape index (κ3) is 4.16. The number of amides is 1. The van der Waals surface area contributed by atoms with Crippen molar-refractivity contribution in [1.82, 2.24) is 4.90 Å². The molecule has 1 aromatic heterocycles. The van der Waals surface area contributed by atoms with Gasteiger partial charge < -0.3 is 9.64 Å². The van der Waals surface area contributed by atoms with Crippen LogP contribution in [0.25, 0.3) is 0 Å². The number of nitrogens with zero attached hydrogens (tertiary/aromatic N) is 1. The van der Waals surface area contributed by atoms with Gasteiger partial charge in [-0.25, -0.2) is 0 Å². The van der Waals surface area contributed by atoms with E-state index < -0.39 is 0 Å². The predicted molar refractivity (Wildman–Crippen MR) is 83.9 cm³/mol. The van der Waals surface area contributed by atoms with Crippen LogP contribution in [0.1, 0.15) is 40.2 Å². The minimum Gasteiger partial charge on any atom is -0.469 e. The number of ketones is 1. The summed E-state index contributed by atoms with van der Waals surface area (Å²) in [7, 11) is 1.39. The molecule has 1 aliphatic heterocycles. The molecular weight excluding hydrogens is 302 g/mol. The van der Waals surface area contributed by atoms with Gasteiger partial charge in [0.15, 0.2) is 5.78 Å². The van der Waals surface area contributed by atoms with Gasteiger partial charge in [0, 0.05) is 30.8 Å². The van der Waals surface area contributed by atoms with Gasteiger partial charge >= 0.3 is 5.97 Å². The lowest BCUT2D eigenvalue weighted by Gasteiger charge is -2.30. The lowest BCUT2D eigenvalue weighted by molar-refractivity contribution is -0.148. The number of carbonyl (C=O) groups is 3. The van der Waals surface area contributed by atoms with Gasteiger partial charge in [0.1, 0.15) is 0 Å². The van der Waals surface area contributed by atoms with Crippen molar-refractivity contribution in [3.05, 3.63) is 21.9 Å². The van der Waals surface area contributed by atoms with Crippen molar-refractivity contribution in [2.45, 2.75) is 32.6 Å². The second kappa shape index (κ2) is 7.54. The first-order valence-corrected chi connectivity index (χ1v) is 8.28. The molecule has 22 heavy (non-hydrogen) atoms. The van der Waals surface area contributed by atoms with Crippen LogP contribution in [0, 0.1) is 12.8 Å². The Morgan fingerprint density at radius 2 is 1.91 bits per heavy atom. The lowest BCUT2D eigenvalue weighted by Crippen LogP contribution is -2.40. The van der Waals surface area contributed by atoms with Crippen molar-refractivity contribution in [2.24, 2.45) is 5.92 Å². The van der Waals surface area contributed by atoms with E-state index in [-0.39, 0.29) is 36.4 Å². The Hall–Kier alpha value is -1.69. The maximum atomic E-state index is 12.1.